The van der Waals surface area contributed by atoms with Gasteiger partial charge in [0, 0.05) is 42.3 Å². The maximum Gasteiger partial charge on any atom is 0.289 e. The van der Waals surface area contributed by atoms with Crippen molar-refractivity contribution in [1.29, 1.82) is 0 Å². The molecule has 5 unspecified atom stereocenters. The predicted molar refractivity (Wildman–Crippen MR) is 247 cm³/mol. The molecule has 3 aromatic rings. The molecule has 4 rings (SSSR count). The first-order chi connectivity index (χ1) is 31.7. The van der Waals surface area contributed by atoms with E-state index in [1.807, 2.05) is 13.8 Å². The van der Waals surface area contributed by atoms with Gasteiger partial charge in [0.15, 0.2) is 23.4 Å². The normalized spacial score (nSPS) is 19.1. The summed E-state index contributed by atoms with van der Waals surface area (Å²) in [5.41, 5.74) is 17.5. The number of H-pyrrole nitrogens is 1. The Morgan fingerprint density at radius 3 is 2.37 bits per heavy atom. The number of rotatable bonds is 26. The number of aldehydes is 1. The van der Waals surface area contributed by atoms with Crippen molar-refractivity contribution < 1.29 is 53.0 Å². The smallest absolute Gasteiger partial charge is 0.289 e. The molecule has 2 aromatic heterocycles. The van der Waals surface area contributed by atoms with E-state index in [9.17, 15) is 48.6 Å². The molecular weight excluding hydrogens is 867 g/mol. The van der Waals surface area contributed by atoms with Crippen molar-refractivity contribution in [1.82, 2.24) is 30.8 Å². The van der Waals surface area contributed by atoms with E-state index >= 15 is 0 Å². The van der Waals surface area contributed by atoms with Crippen LogP contribution in [0.25, 0.3) is 17.0 Å². The second kappa shape index (κ2) is 23.9. The van der Waals surface area contributed by atoms with Gasteiger partial charge >= 0.3 is 0 Å². The first kappa shape index (κ1) is 53.3. The molecule has 0 aliphatic carbocycles. The Morgan fingerprint density at radius 1 is 1.00 bits per heavy atom. The number of hydrogen-bond acceptors (Lipinski definition) is 15. The fraction of sp³-hybridized carbons (Fsp3) is 0.511. The number of oxazole rings is 1. The van der Waals surface area contributed by atoms with Crippen LogP contribution >= 0.6 is 0 Å². The number of carbonyl (C=O) groups excluding carboxylic acids is 8. The minimum atomic E-state index is -2.36. The van der Waals surface area contributed by atoms with Gasteiger partial charge in [0.25, 0.3) is 5.91 Å². The number of aromatic hydroxyl groups is 1. The summed E-state index contributed by atoms with van der Waals surface area (Å²) >= 11 is 0. The first-order valence-electron chi connectivity index (χ1n) is 22.6. The third kappa shape index (κ3) is 13.0. The van der Waals surface area contributed by atoms with Gasteiger partial charge in [0.2, 0.25) is 29.4 Å². The number of amides is 4. The number of Topliss-reactive ketones (excluding diaryl/α,β-unsaturated/α-hetero) is 3. The maximum absolute atomic E-state index is 13.9. The van der Waals surface area contributed by atoms with Crippen molar-refractivity contribution in [2.45, 2.75) is 128 Å². The Hall–Kier alpha value is -6.35. The minimum absolute atomic E-state index is 0.0110. The number of fused-ring (bicyclic) bond motifs is 1. The lowest BCUT2D eigenvalue weighted by molar-refractivity contribution is -0.153. The van der Waals surface area contributed by atoms with Gasteiger partial charge in [-0.3, -0.25) is 38.5 Å². The van der Waals surface area contributed by atoms with Crippen LogP contribution in [0.2, 0.25) is 0 Å². The lowest BCUT2D eigenvalue weighted by atomic mass is 9.74. The summed E-state index contributed by atoms with van der Waals surface area (Å²) in [7, 11) is 0. The second-order valence-corrected chi connectivity index (χ2v) is 17.6. The summed E-state index contributed by atoms with van der Waals surface area (Å²) in [5, 5.41) is 29.5. The summed E-state index contributed by atoms with van der Waals surface area (Å²) in [6.07, 6.45) is 7.89. The predicted octanol–water partition coefficient (Wildman–Crippen LogP) is 1.53. The van der Waals surface area contributed by atoms with E-state index in [4.69, 9.17) is 21.6 Å². The number of aromatic amines is 1. The number of benzene rings is 1. The summed E-state index contributed by atoms with van der Waals surface area (Å²) in [4.78, 5) is 115. The number of aromatic nitrogens is 2. The highest BCUT2D eigenvalue weighted by molar-refractivity contribution is 6.38. The molecule has 1 aromatic carbocycles. The maximum atomic E-state index is 13.9. The molecule has 0 saturated heterocycles. The lowest BCUT2D eigenvalue weighted by Crippen LogP contribution is -2.66. The number of carbonyl (C=O) groups is 8. The second-order valence-electron chi connectivity index (χ2n) is 17.6. The highest BCUT2D eigenvalue weighted by Crippen LogP contribution is 2.37. The number of nitrogens with two attached hydrogens (primary N) is 3. The Kier molecular flexibility index (Phi) is 19.0. The first-order valence-corrected chi connectivity index (χ1v) is 22.6. The van der Waals surface area contributed by atoms with Gasteiger partial charge in [-0.15, -0.1) is 0 Å². The van der Waals surface area contributed by atoms with Crippen LogP contribution in [0.3, 0.4) is 0 Å². The fourth-order valence-corrected chi connectivity index (χ4v) is 7.84. The molecule has 3 heterocycles. The molecule has 12 N–H and O–H groups in total. The van der Waals surface area contributed by atoms with Crippen molar-refractivity contribution >= 4 is 64.2 Å². The molecular formula is C47H65N9O11. The van der Waals surface area contributed by atoms with Crippen LogP contribution in [0, 0.1) is 17.8 Å². The average Bonchev–Trinajstić information content (AvgIpc) is 4.05. The molecule has 364 valence electrons. The summed E-state index contributed by atoms with van der Waals surface area (Å²) in [5.74, 6) is -7.31. The fourth-order valence-electron chi connectivity index (χ4n) is 7.84. The molecule has 0 saturated carbocycles. The van der Waals surface area contributed by atoms with Crippen LogP contribution in [0.1, 0.15) is 103 Å². The molecule has 67 heavy (non-hydrogen) atoms. The van der Waals surface area contributed by atoms with Crippen LogP contribution in [0.4, 0.5) is 0 Å². The lowest BCUT2D eigenvalue weighted by Gasteiger charge is -2.39. The van der Waals surface area contributed by atoms with E-state index < -0.39 is 94.7 Å². The average molecular weight is 932 g/mol. The number of nitrogens with one attached hydrogen (secondary N) is 4. The molecule has 0 bridgehead atoms. The third-order valence-electron chi connectivity index (χ3n) is 11.9. The van der Waals surface area contributed by atoms with Crippen LogP contribution in [0.5, 0.6) is 5.75 Å². The Balaban J connectivity index is 1.44. The SMILES string of the molecule is CCC[C@H](N)C(=O)[C@@]1(C=O)C(C(=O)C(O)C(C)CC)C=CN1C(=O)[C@@H](N)CCCNC(=O)[C@H](Cc1c[nH]c2ccc(O)cc12)NC(=O)/C=C/c1coc(C(C)NC(=O)C(=O)C(N)CC(C)C)n1. The number of ketones is 3. The van der Waals surface area contributed by atoms with Crippen LogP contribution < -0.4 is 33.2 Å². The molecule has 0 fully saturated rings. The molecule has 0 spiro atoms. The van der Waals surface area contributed by atoms with Crippen molar-refractivity contribution in [2.24, 2.45) is 35.0 Å². The summed E-state index contributed by atoms with van der Waals surface area (Å²) < 4.78 is 5.47. The highest BCUT2D eigenvalue weighted by atomic mass is 16.3. The number of hydrogen-bond donors (Lipinski definition) is 9. The van der Waals surface area contributed by atoms with E-state index in [-0.39, 0.29) is 61.8 Å². The molecule has 4 amide bonds. The van der Waals surface area contributed by atoms with Gasteiger partial charge in [-0.1, -0.05) is 53.5 Å². The van der Waals surface area contributed by atoms with Gasteiger partial charge in [-0.2, -0.15) is 0 Å². The van der Waals surface area contributed by atoms with E-state index in [1.54, 1.807) is 40.0 Å². The topological polar surface area (TPSA) is 336 Å². The van der Waals surface area contributed by atoms with Gasteiger partial charge in [-0.05, 0) is 74.3 Å². The number of nitrogens with zero attached hydrogens (tertiary/aromatic N) is 2. The van der Waals surface area contributed by atoms with Crippen LogP contribution in [-0.2, 0) is 44.8 Å². The zero-order valence-electron chi connectivity index (χ0n) is 38.8. The van der Waals surface area contributed by atoms with Crippen LogP contribution in [-0.4, -0.2) is 115 Å². The Bertz CT molecular complexity index is 2340. The third-order valence-corrected chi connectivity index (χ3v) is 11.9. The van der Waals surface area contributed by atoms with E-state index in [2.05, 4.69) is 25.9 Å². The quantitative estimate of drug-likeness (QED) is 0.0181. The van der Waals surface area contributed by atoms with Crippen molar-refractivity contribution in [3.05, 3.63) is 66.2 Å². The van der Waals surface area contributed by atoms with E-state index in [1.165, 1.54) is 30.5 Å². The number of aliphatic hydroxyl groups is 1. The summed E-state index contributed by atoms with van der Waals surface area (Å²) in [6, 6.07) is -0.772. The Labute approximate surface area is 388 Å². The highest BCUT2D eigenvalue weighted by Gasteiger charge is 2.59. The molecule has 1 aliphatic rings. The number of aliphatic hydroxyl groups excluding tert-OH is 1. The van der Waals surface area contributed by atoms with E-state index in [0.717, 1.165) is 17.2 Å². The van der Waals surface area contributed by atoms with Gasteiger partial charge < -0.3 is 57.6 Å². The zero-order chi connectivity index (χ0) is 49.7. The summed E-state index contributed by atoms with van der Waals surface area (Å²) in [6.45, 7) is 10.5. The molecule has 20 heteroatoms. The van der Waals surface area contributed by atoms with Gasteiger partial charge in [0.05, 0.1) is 24.0 Å². The molecule has 9 atom stereocenters. The molecule has 0 radical (unpaired) electrons. The van der Waals surface area contributed by atoms with Gasteiger partial charge in [-0.25, -0.2) is 4.98 Å². The monoisotopic (exact) mass is 931 g/mol. The van der Waals surface area contributed by atoms with Crippen molar-refractivity contribution in [3.8, 4) is 5.75 Å². The Morgan fingerprint density at radius 2 is 1.72 bits per heavy atom. The molecule has 1 aliphatic heterocycles. The van der Waals surface area contributed by atoms with E-state index in [0.29, 0.717) is 35.7 Å². The largest absolute Gasteiger partial charge is 0.508 e. The van der Waals surface area contributed by atoms with Gasteiger partial charge in [0.1, 0.15) is 35.9 Å². The number of phenols is 1. The minimum Gasteiger partial charge on any atom is -0.508 e. The van der Waals surface area contributed by atoms with Crippen molar-refractivity contribution in [3.63, 3.8) is 0 Å². The zero-order valence-corrected chi connectivity index (χ0v) is 38.8. The van der Waals surface area contributed by atoms with Crippen molar-refractivity contribution in [2.75, 3.05) is 6.54 Å². The molecule has 20 nitrogen and oxygen atoms in total. The number of phenolic OH excluding ortho intramolecular Hbond substituents is 1. The van der Waals surface area contributed by atoms with Crippen LogP contribution in [0.15, 0.2) is 53.4 Å². The standard InChI is InChI=1S/C47H65N9O11/c1-7-10-33(48)42(63)47(24-57)32(40(61)39(60)26(5)8-2)16-18-56(47)46(66)34(49)11-9-17-51-43(64)37(20-28-22-52-36-14-13-30(58)21-31(28)36)55-38(59)15-12-29-23-67-45(54-29)27(6)53-44(65)41(62)35(50)19-25(3)4/h12-16,18,21-27,32-35,37,39,52,58,60H,7-11,17,19-20,48-50H2,1-6H3,(H,51,64)(H,53,65)(H,55,59)/b15-12+/t26?,27?,32?,33-,34-,35?,37-,39?,47+/m0/s1.